The topological polar surface area (TPSA) is 71.1 Å². The smallest absolute Gasteiger partial charge is 0.279 e. The molecule has 0 radical (unpaired) electrons. The number of ether oxygens (including phenoxy) is 1. The summed E-state index contributed by atoms with van der Waals surface area (Å²) in [4.78, 5) is 24.7. The Balaban J connectivity index is 0.000000141. The number of hydrogen-bond acceptors (Lipinski definition) is 6. The molecule has 2 aliphatic rings. The molecule has 1 saturated heterocycles. The van der Waals surface area contributed by atoms with E-state index >= 15 is 0 Å². The highest BCUT2D eigenvalue weighted by atomic mass is 35.5. The number of aryl methyl sites for hydroxylation is 1. The Bertz CT molecular complexity index is 704. The van der Waals surface area contributed by atoms with E-state index in [1.165, 1.54) is 56.5 Å². The Morgan fingerprint density at radius 3 is 2.62 bits per heavy atom. The summed E-state index contributed by atoms with van der Waals surface area (Å²) in [6.45, 7) is 6.07. The van der Waals surface area contributed by atoms with E-state index in [2.05, 4.69) is 19.9 Å². The first kappa shape index (κ1) is 17.8. The SMILES string of the molecule is C1CCC(N2CCOCC2)CC1.Cc1nc2c(=O)[nH]c(Cl)nc2s1. The average molecular weight is 371 g/mol. The van der Waals surface area contributed by atoms with Gasteiger partial charge in [-0.3, -0.25) is 14.7 Å². The molecule has 1 aliphatic heterocycles. The normalized spacial score (nSPS) is 19.9. The van der Waals surface area contributed by atoms with Crippen LogP contribution in [0.4, 0.5) is 0 Å². The van der Waals surface area contributed by atoms with Gasteiger partial charge in [-0.05, 0) is 31.4 Å². The summed E-state index contributed by atoms with van der Waals surface area (Å²) in [7, 11) is 0. The highest BCUT2D eigenvalue weighted by Crippen LogP contribution is 2.22. The number of morpholine rings is 1. The number of aromatic nitrogens is 3. The Labute approximate surface area is 150 Å². The molecule has 0 unspecified atom stereocenters. The maximum atomic E-state index is 11.2. The van der Waals surface area contributed by atoms with Crippen LogP contribution in [0.1, 0.15) is 37.1 Å². The van der Waals surface area contributed by atoms with Crippen molar-refractivity contribution in [3.63, 3.8) is 0 Å². The Morgan fingerprint density at radius 1 is 1.21 bits per heavy atom. The van der Waals surface area contributed by atoms with Crippen LogP contribution < -0.4 is 5.56 Å². The third-order valence-electron chi connectivity index (χ3n) is 4.48. The maximum Gasteiger partial charge on any atom is 0.279 e. The minimum Gasteiger partial charge on any atom is -0.379 e. The number of rotatable bonds is 1. The van der Waals surface area contributed by atoms with E-state index < -0.39 is 0 Å². The Morgan fingerprint density at radius 2 is 1.92 bits per heavy atom. The highest BCUT2D eigenvalue weighted by molar-refractivity contribution is 7.18. The van der Waals surface area contributed by atoms with Crippen molar-refractivity contribution in [2.24, 2.45) is 0 Å². The molecule has 0 bridgehead atoms. The molecule has 2 fully saturated rings. The van der Waals surface area contributed by atoms with Gasteiger partial charge in [0.05, 0.1) is 18.2 Å². The molecule has 2 aromatic rings. The number of hydrogen-bond donors (Lipinski definition) is 1. The third kappa shape index (κ3) is 4.53. The number of nitrogens with one attached hydrogen (secondary N) is 1. The minimum absolute atomic E-state index is 0.108. The van der Waals surface area contributed by atoms with Crippen LogP contribution in [0.15, 0.2) is 4.79 Å². The van der Waals surface area contributed by atoms with E-state index in [1.807, 2.05) is 6.92 Å². The van der Waals surface area contributed by atoms with E-state index in [0.29, 0.717) is 10.3 Å². The molecule has 6 nitrogen and oxygen atoms in total. The van der Waals surface area contributed by atoms with Crippen molar-refractivity contribution in [3.8, 4) is 0 Å². The number of thiazole rings is 1. The summed E-state index contributed by atoms with van der Waals surface area (Å²) < 4.78 is 5.35. The number of H-pyrrole nitrogens is 1. The summed E-state index contributed by atoms with van der Waals surface area (Å²) >= 11 is 6.90. The molecule has 0 amide bonds. The zero-order chi connectivity index (χ0) is 16.9. The molecule has 0 aromatic carbocycles. The van der Waals surface area contributed by atoms with Crippen molar-refractivity contribution in [2.45, 2.75) is 45.1 Å². The standard InChI is InChI=1S/C10H19NO.C6H4ClN3OS/c1-2-4-10(5-3-1)11-6-8-12-9-7-11;1-2-8-3-4(11)9-6(7)10-5(3)12-2/h10H,1-9H2;1H3,(H,9,10,11). The second kappa shape index (κ2) is 8.38. The predicted octanol–water partition coefficient (Wildman–Crippen LogP) is 2.99. The highest BCUT2D eigenvalue weighted by Gasteiger charge is 2.22. The van der Waals surface area contributed by atoms with Gasteiger partial charge in [0.1, 0.15) is 0 Å². The zero-order valence-corrected chi connectivity index (χ0v) is 15.5. The van der Waals surface area contributed by atoms with Gasteiger partial charge in [-0.15, -0.1) is 0 Å². The van der Waals surface area contributed by atoms with Gasteiger partial charge in [0.25, 0.3) is 5.56 Å². The van der Waals surface area contributed by atoms with Crippen LogP contribution >= 0.6 is 22.9 Å². The molecule has 3 heterocycles. The lowest BCUT2D eigenvalue weighted by Gasteiger charge is -2.36. The molecule has 1 N–H and O–H groups in total. The van der Waals surface area contributed by atoms with Crippen molar-refractivity contribution in [1.82, 2.24) is 19.9 Å². The summed E-state index contributed by atoms with van der Waals surface area (Å²) in [5.41, 5.74) is 0.0799. The second-order valence-electron chi connectivity index (χ2n) is 6.18. The lowest BCUT2D eigenvalue weighted by Crippen LogP contribution is -2.44. The molecule has 132 valence electrons. The van der Waals surface area contributed by atoms with Crippen molar-refractivity contribution < 1.29 is 4.74 Å². The fourth-order valence-electron chi connectivity index (χ4n) is 3.30. The maximum absolute atomic E-state index is 11.2. The van der Waals surface area contributed by atoms with Gasteiger partial charge in [0.15, 0.2) is 10.3 Å². The van der Waals surface area contributed by atoms with Gasteiger partial charge in [-0.2, -0.15) is 0 Å². The molecule has 1 saturated carbocycles. The third-order valence-corrected chi connectivity index (χ3v) is 5.53. The Kier molecular flexibility index (Phi) is 6.21. The van der Waals surface area contributed by atoms with Gasteiger partial charge < -0.3 is 4.74 Å². The van der Waals surface area contributed by atoms with Crippen molar-refractivity contribution >= 4 is 33.3 Å². The summed E-state index contributed by atoms with van der Waals surface area (Å²) in [5.74, 6) is 0. The molecule has 1 aliphatic carbocycles. The van der Waals surface area contributed by atoms with E-state index in [0.717, 1.165) is 24.3 Å². The van der Waals surface area contributed by atoms with Gasteiger partial charge in [-0.25, -0.2) is 9.97 Å². The fourth-order valence-corrected chi connectivity index (χ4v) is 4.31. The summed E-state index contributed by atoms with van der Waals surface area (Å²) in [6, 6.07) is 0.891. The van der Waals surface area contributed by atoms with Gasteiger partial charge in [-0.1, -0.05) is 30.6 Å². The predicted molar refractivity (Wildman–Crippen MR) is 97.0 cm³/mol. The van der Waals surface area contributed by atoms with Crippen LogP contribution in [0.3, 0.4) is 0 Å². The van der Waals surface area contributed by atoms with Crippen LogP contribution in [0.25, 0.3) is 10.3 Å². The summed E-state index contributed by atoms with van der Waals surface area (Å²) in [5, 5.41) is 0.918. The Hall–Kier alpha value is -1.02. The molecule has 4 rings (SSSR count). The van der Waals surface area contributed by atoms with Crippen LogP contribution in [0.2, 0.25) is 5.28 Å². The summed E-state index contributed by atoms with van der Waals surface area (Å²) in [6.07, 6.45) is 7.21. The lowest BCUT2D eigenvalue weighted by atomic mass is 9.94. The first-order valence-electron chi connectivity index (χ1n) is 8.48. The van der Waals surface area contributed by atoms with E-state index in [-0.39, 0.29) is 10.8 Å². The first-order chi connectivity index (χ1) is 11.6. The molecule has 24 heavy (non-hydrogen) atoms. The van der Waals surface area contributed by atoms with E-state index in [1.54, 1.807) is 0 Å². The van der Waals surface area contributed by atoms with Crippen LogP contribution in [-0.4, -0.2) is 52.2 Å². The fraction of sp³-hybridized carbons (Fsp3) is 0.688. The van der Waals surface area contributed by atoms with E-state index in [9.17, 15) is 4.79 Å². The number of nitrogens with zero attached hydrogens (tertiary/aromatic N) is 3. The average Bonchev–Trinajstić information content (AvgIpc) is 2.98. The van der Waals surface area contributed by atoms with Crippen molar-refractivity contribution in [3.05, 3.63) is 20.6 Å². The lowest BCUT2D eigenvalue weighted by molar-refractivity contribution is 0.00858. The molecule has 0 spiro atoms. The monoisotopic (exact) mass is 370 g/mol. The molecule has 0 atom stereocenters. The minimum atomic E-state index is -0.283. The number of aromatic amines is 1. The van der Waals surface area contributed by atoms with Crippen molar-refractivity contribution in [1.29, 1.82) is 0 Å². The quantitative estimate of drug-likeness (QED) is 0.781. The second-order valence-corrected chi connectivity index (χ2v) is 7.72. The van der Waals surface area contributed by atoms with Crippen molar-refractivity contribution in [2.75, 3.05) is 26.3 Å². The largest absolute Gasteiger partial charge is 0.379 e. The van der Waals surface area contributed by atoms with Crippen LogP contribution in [0, 0.1) is 6.92 Å². The van der Waals surface area contributed by atoms with Crippen LogP contribution in [0.5, 0.6) is 0 Å². The molecule has 2 aromatic heterocycles. The molecular formula is C16H23ClN4O2S. The first-order valence-corrected chi connectivity index (χ1v) is 9.67. The number of fused-ring (bicyclic) bond motifs is 1. The van der Waals surface area contributed by atoms with Crippen LogP contribution in [-0.2, 0) is 4.74 Å². The number of halogens is 1. The van der Waals surface area contributed by atoms with E-state index in [4.69, 9.17) is 16.3 Å². The molecule has 8 heteroatoms. The molecular weight excluding hydrogens is 348 g/mol. The zero-order valence-electron chi connectivity index (χ0n) is 13.9. The van der Waals surface area contributed by atoms with Gasteiger partial charge in [0, 0.05) is 19.1 Å². The van der Waals surface area contributed by atoms with Gasteiger partial charge in [0.2, 0.25) is 5.28 Å². The van der Waals surface area contributed by atoms with Gasteiger partial charge >= 0.3 is 0 Å².